The highest BCUT2D eigenvalue weighted by molar-refractivity contribution is 7.12. The van der Waals surface area contributed by atoms with E-state index >= 15 is 0 Å². The van der Waals surface area contributed by atoms with E-state index in [1.807, 2.05) is 54.8 Å². The molecule has 0 spiro atoms. The summed E-state index contributed by atoms with van der Waals surface area (Å²) < 4.78 is 13.8. The molecule has 6 heteroatoms. The fraction of sp³-hybridized carbons (Fsp3) is 0.0476. The molecule has 0 unspecified atom stereocenters. The summed E-state index contributed by atoms with van der Waals surface area (Å²) in [6.45, 7) is 1.88. The Morgan fingerprint density at radius 1 is 1.19 bits per heavy atom. The minimum atomic E-state index is -0.407. The largest absolute Gasteiger partial charge is 0.321 e. The van der Waals surface area contributed by atoms with Crippen molar-refractivity contribution in [2.75, 3.05) is 5.32 Å². The zero-order valence-corrected chi connectivity index (χ0v) is 15.3. The topological polar surface area (TPSA) is 57.8 Å². The third-order valence-electron chi connectivity index (χ3n) is 4.25. The van der Waals surface area contributed by atoms with E-state index in [1.165, 1.54) is 23.5 Å². The van der Waals surface area contributed by atoms with Gasteiger partial charge in [-0.1, -0.05) is 24.3 Å². The Labute approximate surface area is 159 Å². The number of aromatic amines is 1. The molecule has 2 N–H and O–H groups in total. The molecule has 2 heterocycles. The van der Waals surface area contributed by atoms with Gasteiger partial charge in [-0.25, -0.2) is 4.39 Å². The molecule has 2 aromatic heterocycles. The second kappa shape index (κ2) is 7.17. The van der Waals surface area contributed by atoms with Crippen molar-refractivity contribution in [2.45, 2.75) is 6.92 Å². The van der Waals surface area contributed by atoms with Gasteiger partial charge in [0.05, 0.1) is 21.8 Å². The molecule has 0 radical (unpaired) electrons. The van der Waals surface area contributed by atoms with Crippen molar-refractivity contribution >= 4 is 46.0 Å². The van der Waals surface area contributed by atoms with Gasteiger partial charge in [0.1, 0.15) is 5.82 Å². The van der Waals surface area contributed by atoms with Crippen molar-refractivity contribution in [1.82, 2.24) is 10.2 Å². The molecule has 1 amide bonds. The zero-order valence-electron chi connectivity index (χ0n) is 14.5. The van der Waals surface area contributed by atoms with Gasteiger partial charge in [-0.2, -0.15) is 5.10 Å². The van der Waals surface area contributed by atoms with Crippen LogP contribution in [0.15, 0.2) is 53.9 Å². The first-order chi connectivity index (χ1) is 13.1. The first kappa shape index (κ1) is 17.2. The number of fused-ring (bicyclic) bond motifs is 1. The average Bonchev–Trinajstić information content (AvgIpc) is 3.27. The molecule has 4 aromatic rings. The molecule has 0 bridgehead atoms. The Hall–Kier alpha value is -3.25. The number of nitrogens with one attached hydrogen (secondary N) is 2. The number of thiophene rings is 1. The van der Waals surface area contributed by atoms with E-state index in [1.54, 1.807) is 6.07 Å². The number of anilines is 1. The van der Waals surface area contributed by atoms with E-state index in [-0.39, 0.29) is 5.91 Å². The summed E-state index contributed by atoms with van der Waals surface area (Å²) in [5.41, 5.74) is 3.74. The lowest BCUT2D eigenvalue weighted by molar-refractivity contribution is 0.103. The van der Waals surface area contributed by atoms with Crippen LogP contribution in [0.3, 0.4) is 0 Å². The van der Waals surface area contributed by atoms with E-state index < -0.39 is 5.82 Å². The lowest BCUT2D eigenvalue weighted by atomic mass is 10.1. The fourth-order valence-electron chi connectivity index (χ4n) is 2.85. The second-order valence-electron chi connectivity index (χ2n) is 6.11. The maximum Gasteiger partial charge on any atom is 0.266 e. The highest BCUT2D eigenvalue weighted by atomic mass is 32.1. The second-order valence-corrected chi connectivity index (χ2v) is 7.02. The molecule has 0 aliphatic heterocycles. The zero-order chi connectivity index (χ0) is 18.8. The number of hydrogen-bond donors (Lipinski definition) is 2. The van der Waals surface area contributed by atoms with Gasteiger partial charge >= 0.3 is 0 Å². The van der Waals surface area contributed by atoms with Crippen LogP contribution < -0.4 is 5.32 Å². The normalized spacial score (nSPS) is 11.3. The van der Waals surface area contributed by atoms with Crippen molar-refractivity contribution in [3.05, 3.63) is 81.4 Å². The summed E-state index contributed by atoms with van der Waals surface area (Å²) in [5, 5.41) is 12.9. The first-order valence-electron chi connectivity index (χ1n) is 8.38. The van der Waals surface area contributed by atoms with Crippen LogP contribution in [0.25, 0.3) is 23.1 Å². The van der Waals surface area contributed by atoms with Gasteiger partial charge in [-0.15, -0.1) is 11.3 Å². The van der Waals surface area contributed by atoms with Gasteiger partial charge in [0.25, 0.3) is 5.91 Å². The number of carbonyl (C=O) groups excluding carboxylic acids is 1. The molecule has 0 fully saturated rings. The number of amides is 1. The van der Waals surface area contributed by atoms with Crippen LogP contribution in [0.5, 0.6) is 0 Å². The van der Waals surface area contributed by atoms with Gasteiger partial charge in [0.15, 0.2) is 0 Å². The number of benzene rings is 2. The summed E-state index contributed by atoms with van der Waals surface area (Å²) in [7, 11) is 0. The Bertz CT molecular complexity index is 1160. The summed E-state index contributed by atoms with van der Waals surface area (Å²) in [4.78, 5) is 13.1. The van der Waals surface area contributed by atoms with E-state index in [0.29, 0.717) is 16.1 Å². The highest BCUT2D eigenvalue weighted by Crippen LogP contribution is 2.24. The Morgan fingerprint density at radius 2 is 2.04 bits per heavy atom. The summed E-state index contributed by atoms with van der Waals surface area (Å²) >= 11 is 1.36. The van der Waals surface area contributed by atoms with Crippen LogP contribution in [-0.4, -0.2) is 16.1 Å². The monoisotopic (exact) mass is 377 g/mol. The average molecular weight is 377 g/mol. The third kappa shape index (κ3) is 3.52. The van der Waals surface area contributed by atoms with Crippen LogP contribution >= 0.6 is 11.3 Å². The van der Waals surface area contributed by atoms with Crippen LogP contribution in [0, 0.1) is 12.7 Å². The number of halogens is 1. The quantitative estimate of drug-likeness (QED) is 0.494. The predicted molar refractivity (Wildman–Crippen MR) is 108 cm³/mol. The standard InChI is InChI=1S/C21H16FN3OS/c1-13-10-11-27-20(13)21(26)23-19-12-15(22)8-6-14(19)7-9-18-16-4-2-3-5-17(16)24-25-18/h2-12H,1H3,(H,23,26)(H,24,25)/b9-7+. The van der Waals surface area contributed by atoms with Gasteiger partial charge in [-0.3, -0.25) is 9.89 Å². The number of aryl methyl sites for hydroxylation is 1. The number of para-hydroxylation sites is 1. The van der Waals surface area contributed by atoms with Crippen LogP contribution in [0.2, 0.25) is 0 Å². The van der Waals surface area contributed by atoms with Crippen LogP contribution in [-0.2, 0) is 0 Å². The molecule has 27 heavy (non-hydrogen) atoms. The minimum Gasteiger partial charge on any atom is -0.321 e. The lowest BCUT2D eigenvalue weighted by Gasteiger charge is -2.08. The molecule has 4 nitrogen and oxygen atoms in total. The summed E-state index contributed by atoms with van der Waals surface area (Å²) in [6, 6.07) is 14.0. The number of nitrogens with zero attached hydrogens (tertiary/aromatic N) is 1. The highest BCUT2D eigenvalue weighted by Gasteiger charge is 2.13. The SMILES string of the molecule is Cc1ccsc1C(=O)Nc1cc(F)ccc1/C=C/c1n[nH]c2ccccc12. The molecular formula is C21H16FN3OS. The van der Waals surface area contributed by atoms with Crippen molar-refractivity contribution in [3.63, 3.8) is 0 Å². The Kier molecular flexibility index (Phi) is 4.56. The third-order valence-corrected chi connectivity index (χ3v) is 5.27. The maximum atomic E-state index is 13.8. The number of H-pyrrole nitrogens is 1. The van der Waals surface area contributed by atoms with E-state index in [2.05, 4.69) is 15.5 Å². The molecule has 0 aliphatic carbocycles. The van der Waals surface area contributed by atoms with Crippen molar-refractivity contribution in [2.24, 2.45) is 0 Å². The minimum absolute atomic E-state index is 0.243. The Morgan fingerprint density at radius 3 is 2.85 bits per heavy atom. The molecular weight excluding hydrogens is 361 g/mol. The molecule has 0 saturated carbocycles. The molecule has 0 aliphatic rings. The van der Waals surface area contributed by atoms with Crippen LogP contribution in [0.4, 0.5) is 10.1 Å². The predicted octanol–water partition coefficient (Wildman–Crippen LogP) is 5.49. The van der Waals surface area contributed by atoms with Gasteiger partial charge < -0.3 is 5.32 Å². The number of hydrogen-bond acceptors (Lipinski definition) is 3. The van der Waals surface area contributed by atoms with E-state index in [4.69, 9.17) is 0 Å². The van der Waals surface area contributed by atoms with Crippen LogP contribution in [0.1, 0.15) is 26.5 Å². The number of carbonyl (C=O) groups is 1. The Balaban J connectivity index is 1.65. The summed E-state index contributed by atoms with van der Waals surface area (Å²) in [5.74, 6) is -0.649. The lowest BCUT2D eigenvalue weighted by Crippen LogP contribution is -2.12. The van der Waals surface area contributed by atoms with E-state index in [0.717, 1.165) is 22.2 Å². The molecule has 0 atom stereocenters. The molecule has 4 rings (SSSR count). The smallest absolute Gasteiger partial charge is 0.266 e. The fourth-order valence-corrected chi connectivity index (χ4v) is 3.67. The van der Waals surface area contributed by atoms with E-state index in [9.17, 15) is 9.18 Å². The molecule has 2 aromatic carbocycles. The maximum absolute atomic E-state index is 13.8. The van der Waals surface area contributed by atoms with Gasteiger partial charge in [0.2, 0.25) is 0 Å². The molecule has 134 valence electrons. The van der Waals surface area contributed by atoms with Crippen molar-refractivity contribution in [3.8, 4) is 0 Å². The number of rotatable bonds is 4. The summed E-state index contributed by atoms with van der Waals surface area (Å²) in [6.07, 6.45) is 3.66. The van der Waals surface area contributed by atoms with Crippen molar-refractivity contribution in [1.29, 1.82) is 0 Å². The van der Waals surface area contributed by atoms with Crippen molar-refractivity contribution < 1.29 is 9.18 Å². The van der Waals surface area contributed by atoms with Gasteiger partial charge in [0, 0.05) is 5.39 Å². The molecule has 0 saturated heterocycles. The number of aromatic nitrogens is 2. The van der Waals surface area contributed by atoms with Gasteiger partial charge in [-0.05, 0) is 59.8 Å². The first-order valence-corrected chi connectivity index (χ1v) is 9.26.